The van der Waals surface area contributed by atoms with Crippen LogP contribution in [0.2, 0.25) is 5.02 Å². The number of carbonyl (C=O) groups is 1. The molecule has 0 fully saturated rings. The molecule has 0 saturated heterocycles. The van der Waals surface area contributed by atoms with Crippen molar-refractivity contribution in [2.45, 2.75) is 6.92 Å². The number of hydrogen-bond donors (Lipinski definition) is 2. The number of benzene rings is 1. The highest BCUT2D eigenvalue weighted by Crippen LogP contribution is 2.28. The van der Waals surface area contributed by atoms with Gasteiger partial charge in [-0.1, -0.05) is 22.9 Å². The van der Waals surface area contributed by atoms with E-state index in [9.17, 15) is 4.79 Å². The first-order chi connectivity index (χ1) is 10.0. The van der Waals surface area contributed by atoms with E-state index in [1.54, 1.807) is 19.1 Å². The standard InChI is InChI=1S/C14H11ClN4OS/c1-7-4-8(5-12(16)17-7)13(20)19-14-18-10-3-2-9(15)6-11(10)21-14/h2-6H,1H3,(H2,16,17)(H,18,19,20). The Labute approximate surface area is 129 Å². The van der Waals surface area contributed by atoms with Gasteiger partial charge >= 0.3 is 0 Å². The number of nitrogens with zero attached hydrogens (tertiary/aromatic N) is 2. The van der Waals surface area contributed by atoms with Gasteiger partial charge in [0, 0.05) is 16.3 Å². The molecule has 1 aromatic carbocycles. The molecule has 2 aromatic heterocycles. The van der Waals surface area contributed by atoms with E-state index in [0.29, 0.717) is 27.2 Å². The van der Waals surface area contributed by atoms with Crippen LogP contribution in [0, 0.1) is 6.92 Å². The fraction of sp³-hybridized carbons (Fsp3) is 0.0714. The Morgan fingerprint density at radius 2 is 2.10 bits per heavy atom. The summed E-state index contributed by atoms with van der Waals surface area (Å²) in [6, 6.07) is 8.61. The monoisotopic (exact) mass is 318 g/mol. The summed E-state index contributed by atoms with van der Waals surface area (Å²) >= 11 is 7.30. The summed E-state index contributed by atoms with van der Waals surface area (Å²) in [6.07, 6.45) is 0. The van der Waals surface area contributed by atoms with Crippen molar-refractivity contribution >= 4 is 50.0 Å². The molecule has 0 aliphatic rings. The summed E-state index contributed by atoms with van der Waals surface area (Å²) in [5.74, 6) is 0.0496. The number of nitrogen functional groups attached to an aromatic ring is 1. The number of fused-ring (bicyclic) bond motifs is 1. The third-order valence-electron chi connectivity index (χ3n) is 2.81. The minimum atomic E-state index is -0.266. The lowest BCUT2D eigenvalue weighted by Gasteiger charge is -2.03. The van der Waals surface area contributed by atoms with Gasteiger partial charge in [-0.05, 0) is 37.3 Å². The van der Waals surface area contributed by atoms with Crippen LogP contribution in [-0.2, 0) is 0 Å². The zero-order valence-electron chi connectivity index (χ0n) is 11.1. The lowest BCUT2D eigenvalue weighted by Crippen LogP contribution is -2.12. The maximum absolute atomic E-state index is 12.2. The Morgan fingerprint density at radius 3 is 2.86 bits per heavy atom. The molecule has 0 saturated carbocycles. The summed E-state index contributed by atoms with van der Waals surface area (Å²) in [5.41, 5.74) is 7.59. The highest BCUT2D eigenvalue weighted by molar-refractivity contribution is 7.22. The van der Waals surface area contributed by atoms with E-state index < -0.39 is 0 Å². The molecular formula is C14H11ClN4OS. The van der Waals surface area contributed by atoms with Crippen molar-refractivity contribution in [1.82, 2.24) is 9.97 Å². The number of anilines is 2. The van der Waals surface area contributed by atoms with Gasteiger partial charge in [-0.3, -0.25) is 10.1 Å². The molecule has 0 radical (unpaired) electrons. The Balaban J connectivity index is 1.88. The van der Waals surface area contributed by atoms with Crippen molar-refractivity contribution in [3.63, 3.8) is 0 Å². The molecule has 1 amide bonds. The van der Waals surface area contributed by atoms with Gasteiger partial charge in [-0.15, -0.1) is 0 Å². The van der Waals surface area contributed by atoms with E-state index in [-0.39, 0.29) is 5.91 Å². The molecule has 0 bridgehead atoms. The first-order valence-electron chi connectivity index (χ1n) is 6.13. The van der Waals surface area contributed by atoms with Crippen LogP contribution < -0.4 is 11.1 Å². The number of nitrogens with two attached hydrogens (primary N) is 1. The van der Waals surface area contributed by atoms with Crippen molar-refractivity contribution in [3.8, 4) is 0 Å². The molecule has 2 heterocycles. The van der Waals surface area contributed by atoms with Crippen LogP contribution in [-0.4, -0.2) is 15.9 Å². The summed E-state index contributed by atoms with van der Waals surface area (Å²) < 4.78 is 0.920. The third kappa shape index (κ3) is 2.96. The smallest absolute Gasteiger partial charge is 0.257 e. The van der Waals surface area contributed by atoms with Gasteiger partial charge in [-0.2, -0.15) is 0 Å². The second kappa shape index (κ2) is 5.31. The van der Waals surface area contributed by atoms with Gasteiger partial charge < -0.3 is 5.73 Å². The van der Waals surface area contributed by atoms with E-state index in [2.05, 4.69) is 15.3 Å². The Bertz CT molecular complexity index is 826. The van der Waals surface area contributed by atoms with Crippen molar-refractivity contribution in [2.24, 2.45) is 0 Å². The van der Waals surface area contributed by atoms with Crippen LogP contribution in [0.4, 0.5) is 10.9 Å². The number of amides is 1. The van der Waals surface area contributed by atoms with Gasteiger partial charge in [0.05, 0.1) is 10.2 Å². The maximum atomic E-state index is 12.2. The molecule has 5 nitrogen and oxygen atoms in total. The molecule has 7 heteroatoms. The molecular weight excluding hydrogens is 308 g/mol. The minimum absolute atomic E-state index is 0.266. The Morgan fingerprint density at radius 1 is 1.29 bits per heavy atom. The van der Waals surface area contributed by atoms with Crippen LogP contribution >= 0.6 is 22.9 Å². The first-order valence-corrected chi connectivity index (χ1v) is 7.32. The number of aryl methyl sites for hydroxylation is 1. The lowest BCUT2D eigenvalue weighted by molar-refractivity contribution is 0.102. The average molecular weight is 319 g/mol. The van der Waals surface area contributed by atoms with Crippen LogP contribution in [0.25, 0.3) is 10.2 Å². The molecule has 0 aliphatic carbocycles. The summed E-state index contributed by atoms with van der Waals surface area (Å²) in [6.45, 7) is 1.78. The molecule has 0 atom stereocenters. The normalized spacial score (nSPS) is 10.8. The van der Waals surface area contributed by atoms with Crippen molar-refractivity contribution in [1.29, 1.82) is 0 Å². The molecule has 3 rings (SSSR count). The third-order valence-corrected chi connectivity index (χ3v) is 3.98. The molecule has 3 N–H and O–H groups in total. The van der Waals surface area contributed by atoms with E-state index >= 15 is 0 Å². The number of thiazole rings is 1. The average Bonchev–Trinajstić information content (AvgIpc) is 2.78. The van der Waals surface area contributed by atoms with Gasteiger partial charge in [0.1, 0.15) is 5.82 Å². The topological polar surface area (TPSA) is 80.9 Å². The quantitative estimate of drug-likeness (QED) is 0.758. The molecule has 21 heavy (non-hydrogen) atoms. The van der Waals surface area contributed by atoms with Crippen molar-refractivity contribution in [2.75, 3.05) is 11.1 Å². The summed E-state index contributed by atoms with van der Waals surface area (Å²) in [7, 11) is 0. The Kier molecular flexibility index (Phi) is 3.48. The highest BCUT2D eigenvalue weighted by atomic mass is 35.5. The molecule has 3 aromatic rings. The predicted molar refractivity (Wildman–Crippen MR) is 86.0 cm³/mol. The number of carbonyl (C=O) groups excluding carboxylic acids is 1. The largest absolute Gasteiger partial charge is 0.384 e. The van der Waals surface area contributed by atoms with Crippen molar-refractivity contribution < 1.29 is 4.79 Å². The zero-order valence-corrected chi connectivity index (χ0v) is 12.6. The van der Waals surface area contributed by atoms with Crippen LogP contribution in [0.1, 0.15) is 16.1 Å². The number of pyridine rings is 1. The van der Waals surface area contributed by atoms with Crippen molar-refractivity contribution in [3.05, 3.63) is 46.6 Å². The SMILES string of the molecule is Cc1cc(C(=O)Nc2nc3ccc(Cl)cc3s2)cc(N)n1. The van der Waals surface area contributed by atoms with E-state index in [0.717, 1.165) is 10.2 Å². The predicted octanol–water partition coefficient (Wildman–Crippen LogP) is 3.49. The van der Waals surface area contributed by atoms with E-state index in [1.807, 2.05) is 12.1 Å². The van der Waals surface area contributed by atoms with Crippen LogP contribution in [0.5, 0.6) is 0 Å². The fourth-order valence-electron chi connectivity index (χ4n) is 1.95. The summed E-state index contributed by atoms with van der Waals surface area (Å²) in [5, 5.41) is 3.92. The summed E-state index contributed by atoms with van der Waals surface area (Å²) in [4.78, 5) is 20.6. The molecule has 106 valence electrons. The van der Waals surface area contributed by atoms with E-state index in [4.69, 9.17) is 17.3 Å². The lowest BCUT2D eigenvalue weighted by atomic mass is 10.2. The number of hydrogen-bond acceptors (Lipinski definition) is 5. The molecule has 0 spiro atoms. The zero-order chi connectivity index (χ0) is 15.0. The van der Waals surface area contributed by atoms with Gasteiger partial charge in [0.15, 0.2) is 5.13 Å². The fourth-order valence-corrected chi connectivity index (χ4v) is 3.08. The molecule has 0 unspecified atom stereocenters. The van der Waals surface area contributed by atoms with Gasteiger partial charge in [0.2, 0.25) is 0 Å². The van der Waals surface area contributed by atoms with Gasteiger partial charge in [0.25, 0.3) is 5.91 Å². The van der Waals surface area contributed by atoms with Crippen LogP contribution in [0.3, 0.4) is 0 Å². The van der Waals surface area contributed by atoms with Gasteiger partial charge in [-0.25, -0.2) is 9.97 Å². The highest BCUT2D eigenvalue weighted by Gasteiger charge is 2.11. The minimum Gasteiger partial charge on any atom is -0.384 e. The maximum Gasteiger partial charge on any atom is 0.257 e. The number of halogens is 1. The number of aromatic nitrogens is 2. The van der Waals surface area contributed by atoms with E-state index in [1.165, 1.54) is 17.4 Å². The van der Waals surface area contributed by atoms with Crippen LogP contribution in [0.15, 0.2) is 30.3 Å². The second-order valence-electron chi connectivity index (χ2n) is 4.51. The molecule has 0 aliphatic heterocycles. The Hall–Kier alpha value is -2.18. The first kappa shape index (κ1) is 13.8. The second-order valence-corrected chi connectivity index (χ2v) is 5.97. The number of rotatable bonds is 2. The number of nitrogens with one attached hydrogen (secondary N) is 1.